The van der Waals surface area contributed by atoms with Crippen LogP contribution in [0.4, 0.5) is 0 Å². The second-order valence-corrected chi connectivity index (χ2v) is 8.13. The van der Waals surface area contributed by atoms with Crippen molar-refractivity contribution in [1.29, 1.82) is 0 Å². The van der Waals surface area contributed by atoms with Gasteiger partial charge in [0.2, 0.25) is 0 Å². The molecule has 0 fully saturated rings. The van der Waals surface area contributed by atoms with Gasteiger partial charge in [-0.05, 0) is 28.2 Å². The number of hydrogen-bond donors (Lipinski definition) is 0. The fourth-order valence-electron chi connectivity index (χ4n) is 3.32. The normalized spacial score (nSPS) is 12.1. The third kappa shape index (κ3) is 2.36. The van der Waals surface area contributed by atoms with Crippen LogP contribution < -0.4 is 0 Å². The molecule has 4 aromatic rings. The fraction of sp³-hybridized carbons (Fsp3) is 0.182. The molecule has 0 unspecified atom stereocenters. The van der Waals surface area contributed by atoms with Gasteiger partial charge in [-0.1, -0.05) is 81.4 Å². The van der Waals surface area contributed by atoms with Crippen molar-refractivity contribution in [2.75, 3.05) is 0 Å². The first-order chi connectivity index (χ1) is 11.1. The molecule has 1 heterocycles. The van der Waals surface area contributed by atoms with Gasteiger partial charge >= 0.3 is 0 Å². The van der Waals surface area contributed by atoms with Crippen molar-refractivity contribution in [3.05, 3.63) is 72.3 Å². The van der Waals surface area contributed by atoms with Crippen molar-refractivity contribution in [1.82, 2.24) is 0 Å². The summed E-state index contributed by atoms with van der Waals surface area (Å²) in [5.74, 6) is 0. The van der Waals surface area contributed by atoms with Crippen LogP contribution in [0, 0.1) is 0 Å². The molecule has 114 valence electrons. The van der Waals surface area contributed by atoms with Gasteiger partial charge in [0.1, 0.15) is 0 Å². The molecule has 0 aliphatic rings. The Kier molecular flexibility index (Phi) is 3.28. The second kappa shape index (κ2) is 5.21. The molecule has 0 spiro atoms. The number of benzene rings is 3. The average Bonchev–Trinajstić information content (AvgIpc) is 2.93. The topological polar surface area (TPSA) is 0 Å². The predicted octanol–water partition coefficient (Wildman–Crippen LogP) is 7.02. The van der Waals surface area contributed by atoms with Gasteiger partial charge in [-0.2, -0.15) is 0 Å². The lowest BCUT2D eigenvalue weighted by Gasteiger charge is -2.20. The van der Waals surface area contributed by atoms with E-state index >= 15 is 0 Å². The molecule has 1 heteroatoms. The molecular weight excluding hydrogens is 296 g/mol. The summed E-state index contributed by atoms with van der Waals surface area (Å²) in [7, 11) is 0. The molecule has 0 amide bonds. The first-order valence-electron chi connectivity index (χ1n) is 8.06. The van der Waals surface area contributed by atoms with Gasteiger partial charge in [0, 0.05) is 20.2 Å². The van der Waals surface area contributed by atoms with E-state index in [0.717, 1.165) is 0 Å². The van der Waals surface area contributed by atoms with Crippen LogP contribution in [-0.2, 0) is 5.41 Å². The smallest absolute Gasteiger partial charge is 0.0433 e. The van der Waals surface area contributed by atoms with Crippen LogP contribution in [0.5, 0.6) is 0 Å². The van der Waals surface area contributed by atoms with Crippen molar-refractivity contribution < 1.29 is 0 Å². The van der Waals surface area contributed by atoms with Gasteiger partial charge in [-0.3, -0.25) is 0 Å². The zero-order valence-corrected chi connectivity index (χ0v) is 14.6. The third-order valence-electron chi connectivity index (χ3n) is 4.42. The van der Waals surface area contributed by atoms with Crippen molar-refractivity contribution in [2.45, 2.75) is 26.2 Å². The van der Waals surface area contributed by atoms with Crippen molar-refractivity contribution in [3.8, 4) is 11.1 Å². The summed E-state index contributed by atoms with van der Waals surface area (Å²) < 4.78 is 2.78. The molecule has 1 aromatic heterocycles. The lowest BCUT2D eigenvalue weighted by Crippen LogP contribution is -2.11. The van der Waals surface area contributed by atoms with E-state index in [9.17, 15) is 0 Å². The van der Waals surface area contributed by atoms with Crippen LogP contribution in [0.2, 0.25) is 0 Å². The predicted molar refractivity (Wildman–Crippen MR) is 103 cm³/mol. The molecule has 0 aliphatic heterocycles. The van der Waals surface area contributed by atoms with E-state index < -0.39 is 0 Å². The lowest BCUT2D eigenvalue weighted by atomic mass is 9.84. The summed E-state index contributed by atoms with van der Waals surface area (Å²) in [6.45, 7) is 6.89. The van der Waals surface area contributed by atoms with Gasteiger partial charge in [-0.25, -0.2) is 0 Å². The van der Waals surface area contributed by atoms with E-state index in [1.807, 2.05) is 11.3 Å². The molecule has 0 aliphatic carbocycles. The molecule has 23 heavy (non-hydrogen) atoms. The Morgan fingerprint density at radius 3 is 2.22 bits per heavy atom. The number of thiophene rings is 1. The molecular formula is C22H20S. The molecule has 3 aromatic carbocycles. The Morgan fingerprint density at radius 2 is 1.48 bits per heavy atom. The van der Waals surface area contributed by atoms with Crippen LogP contribution >= 0.6 is 11.3 Å². The minimum atomic E-state index is 0.149. The second-order valence-electron chi connectivity index (χ2n) is 7.08. The van der Waals surface area contributed by atoms with Crippen LogP contribution in [0.3, 0.4) is 0 Å². The molecule has 0 N–H and O–H groups in total. The van der Waals surface area contributed by atoms with Crippen LogP contribution in [0.15, 0.2) is 66.7 Å². The number of hydrogen-bond acceptors (Lipinski definition) is 1. The molecule has 0 bridgehead atoms. The Morgan fingerprint density at radius 1 is 0.739 bits per heavy atom. The number of rotatable bonds is 1. The Bertz CT molecular complexity index is 985. The van der Waals surface area contributed by atoms with Crippen molar-refractivity contribution in [2.24, 2.45) is 0 Å². The summed E-state index contributed by atoms with van der Waals surface area (Å²) in [6, 6.07) is 24.1. The Balaban J connectivity index is 2.12. The summed E-state index contributed by atoms with van der Waals surface area (Å²) in [6.07, 6.45) is 0. The van der Waals surface area contributed by atoms with E-state index in [-0.39, 0.29) is 5.41 Å². The molecule has 4 rings (SSSR count). The summed E-state index contributed by atoms with van der Waals surface area (Å²) in [5.41, 5.74) is 4.22. The first-order valence-corrected chi connectivity index (χ1v) is 8.87. The third-order valence-corrected chi connectivity index (χ3v) is 5.62. The lowest BCUT2D eigenvalue weighted by molar-refractivity contribution is 0.596. The van der Waals surface area contributed by atoms with Crippen LogP contribution in [0.25, 0.3) is 31.3 Å². The zero-order chi connectivity index (χ0) is 16.0. The summed E-state index contributed by atoms with van der Waals surface area (Å²) in [5, 5.41) is 2.81. The standard InChI is InChI=1S/C22H20S/c1-22(2,3)18-13-8-14-19-20(18)17-12-7-11-16(21(17)23-19)15-9-5-4-6-10-15/h4-14H,1-3H3. The first kappa shape index (κ1) is 14.5. The SMILES string of the molecule is CC(C)(C)c1cccc2sc3c(-c4ccccc4)cccc3c12. The van der Waals surface area contributed by atoms with Gasteiger partial charge in [0.25, 0.3) is 0 Å². The quantitative estimate of drug-likeness (QED) is 0.354. The maximum absolute atomic E-state index is 2.30. The monoisotopic (exact) mass is 316 g/mol. The van der Waals surface area contributed by atoms with Gasteiger partial charge in [-0.15, -0.1) is 11.3 Å². The Labute approximate surface area is 141 Å². The fourth-order valence-corrected chi connectivity index (χ4v) is 4.58. The average molecular weight is 316 g/mol. The molecule has 0 saturated heterocycles. The maximum atomic E-state index is 2.30. The maximum Gasteiger partial charge on any atom is 0.0433 e. The molecule has 0 radical (unpaired) electrons. The van der Waals surface area contributed by atoms with Gasteiger partial charge in [0.15, 0.2) is 0 Å². The van der Waals surface area contributed by atoms with Crippen molar-refractivity contribution in [3.63, 3.8) is 0 Å². The minimum Gasteiger partial charge on any atom is -0.135 e. The van der Waals surface area contributed by atoms with E-state index in [0.29, 0.717) is 0 Å². The van der Waals surface area contributed by atoms with Crippen molar-refractivity contribution >= 4 is 31.5 Å². The van der Waals surface area contributed by atoms with Gasteiger partial charge in [0.05, 0.1) is 0 Å². The van der Waals surface area contributed by atoms with E-state index in [2.05, 4.69) is 87.5 Å². The highest BCUT2D eigenvalue weighted by Gasteiger charge is 2.20. The minimum absolute atomic E-state index is 0.149. The highest BCUT2D eigenvalue weighted by Crippen LogP contribution is 2.43. The van der Waals surface area contributed by atoms with E-state index in [1.165, 1.54) is 36.9 Å². The van der Waals surface area contributed by atoms with E-state index in [4.69, 9.17) is 0 Å². The van der Waals surface area contributed by atoms with E-state index in [1.54, 1.807) is 0 Å². The van der Waals surface area contributed by atoms with Crippen LogP contribution in [-0.4, -0.2) is 0 Å². The zero-order valence-electron chi connectivity index (χ0n) is 13.8. The van der Waals surface area contributed by atoms with Gasteiger partial charge < -0.3 is 0 Å². The molecule has 0 nitrogen and oxygen atoms in total. The highest BCUT2D eigenvalue weighted by atomic mass is 32.1. The largest absolute Gasteiger partial charge is 0.135 e. The molecule has 0 saturated carbocycles. The number of fused-ring (bicyclic) bond motifs is 3. The van der Waals surface area contributed by atoms with Crippen LogP contribution in [0.1, 0.15) is 26.3 Å². The summed E-state index contributed by atoms with van der Waals surface area (Å²) >= 11 is 1.91. The summed E-state index contributed by atoms with van der Waals surface area (Å²) in [4.78, 5) is 0. The molecule has 0 atom stereocenters. The Hall–Kier alpha value is -2.12. The highest BCUT2D eigenvalue weighted by molar-refractivity contribution is 7.26.